The third-order valence-electron chi connectivity index (χ3n) is 5.00. The van der Waals surface area contributed by atoms with Crippen LogP contribution < -0.4 is 4.90 Å². The predicted octanol–water partition coefficient (Wildman–Crippen LogP) is 4.02. The maximum Gasteiger partial charge on any atom is 0.414 e. The van der Waals surface area contributed by atoms with Crippen LogP contribution in [0.1, 0.15) is 37.2 Å². The summed E-state index contributed by atoms with van der Waals surface area (Å²) in [6.07, 6.45) is 6.60. The Morgan fingerprint density at radius 1 is 1.20 bits per heavy atom. The molecule has 1 amide bonds. The van der Waals surface area contributed by atoms with Crippen LogP contribution in [0.3, 0.4) is 0 Å². The monoisotopic (exact) mass is 365 g/mol. The summed E-state index contributed by atoms with van der Waals surface area (Å²) in [5, 5.41) is 0. The summed E-state index contributed by atoms with van der Waals surface area (Å²) in [5.41, 5.74) is 2.25. The fourth-order valence-electron chi connectivity index (χ4n) is 3.66. The quantitative estimate of drug-likeness (QED) is 0.683. The number of methoxy groups -OCH3 is 1. The average Bonchev–Trinajstić information content (AvgIpc) is 3.01. The largest absolute Gasteiger partial charge is 0.441 e. The Morgan fingerprint density at radius 3 is 2.56 bits per heavy atom. The van der Waals surface area contributed by atoms with E-state index in [0.29, 0.717) is 25.2 Å². The summed E-state index contributed by atoms with van der Waals surface area (Å²) in [6, 6.07) is 8.37. The summed E-state index contributed by atoms with van der Waals surface area (Å²) < 4.78 is 16.2. The van der Waals surface area contributed by atoms with Crippen LogP contribution in [-0.2, 0) is 14.2 Å². The lowest BCUT2D eigenvalue weighted by molar-refractivity contribution is 0.0556. The van der Waals surface area contributed by atoms with Crippen molar-refractivity contribution in [2.45, 2.75) is 43.8 Å². The molecule has 6 heteroatoms. The molecule has 0 radical (unpaired) electrons. The van der Waals surface area contributed by atoms with Gasteiger partial charge in [-0.05, 0) is 55.6 Å². The SMILES string of the molecule is COCC1CN(c2ccc([C@H]3CC[C@H](OCSC)CC3)cc2)C(=O)O1. The standard InChI is InChI=1S/C19H27NO4S/c1-22-12-18-11-20(19(21)24-18)16-7-3-14(4-8-16)15-5-9-17(10-6-15)23-13-25-2/h3-4,7-8,15,17-18H,5-6,9-13H2,1-2H3/t15-,17-,18?. The number of cyclic esters (lactones) is 1. The van der Waals surface area contributed by atoms with Gasteiger partial charge in [0.1, 0.15) is 6.10 Å². The van der Waals surface area contributed by atoms with Gasteiger partial charge in [0.25, 0.3) is 0 Å². The molecule has 5 nitrogen and oxygen atoms in total. The van der Waals surface area contributed by atoms with Crippen molar-refractivity contribution >= 4 is 23.5 Å². The number of amides is 1. The van der Waals surface area contributed by atoms with Gasteiger partial charge in [-0.25, -0.2) is 4.79 Å². The van der Waals surface area contributed by atoms with E-state index in [-0.39, 0.29) is 12.2 Å². The maximum absolute atomic E-state index is 12.0. The van der Waals surface area contributed by atoms with Gasteiger partial charge in [-0.3, -0.25) is 4.90 Å². The molecule has 1 aromatic rings. The van der Waals surface area contributed by atoms with E-state index in [1.54, 1.807) is 23.8 Å². The third kappa shape index (κ3) is 4.68. The van der Waals surface area contributed by atoms with Crippen molar-refractivity contribution in [3.63, 3.8) is 0 Å². The van der Waals surface area contributed by atoms with Crippen molar-refractivity contribution in [2.75, 3.05) is 37.4 Å². The minimum Gasteiger partial charge on any atom is -0.441 e. The third-order valence-corrected chi connectivity index (χ3v) is 5.37. The highest BCUT2D eigenvalue weighted by Crippen LogP contribution is 2.35. The molecule has 138 valence electrons. The fraction of sp³-hybridized carbons (Fsp3) is 0.632. The zero-order chi connectivity index (χ0) is 17.6. The average molecular weight is 365 g/mol. The van der Waals surface area contributed by atoms with Crippen LogP contribution in [0, 0.1) is 0 Å². The highest BCUT2D eigenvalue weighted by molar-refractivity contribution is 7.98. The van der Waals surface area contributed by atoms with Crippen LogP contribution in [0.15, 0.2) is 24.3 Å². The van der Waals surface area contributed by atoms with Gasteiger partial charge in [0.05, 0.1) is 25.2 Å². The highest BCUT2D eigenvalue weighted by atomic mass is 32.2. The van der Waals surface area contributed by atoms with Crippen molar-refractivity contribution in [3.05, 3.63) is 29.8 Å². The van der Waals surface area contributed by atoms with Gasteiger partial charge >= 0.3 is 6.09 Å². The molecule has 1 unspecified atom stereocenters. The highest BCUT2D eigenvalue weighted by Gasteiger charge is 2.32. The summed E-state index contributed by atoms with van der Waals surface area (Å²) in [4.78, 5) is 13.7. The molecule has 25 heavy (non-hydrogen) atoms. The van der Waals surface area contributed by atoms with Crippen molar-refractivity contribution in [1.29, 1.82) is 0 Å². The minimum atomic E-state index is -0.291. The first-order valence-corrected chi connectivity index (χ1v) is 10.3. The van der Waals surface area contributed by atoms with Crippen LogP contribution in [0.5, 0.6) is 0 Å². The molecule has 0 bridgehead atoms. The number of hydrogen-bond donors (Lipinski definition) is 0. The van der Waals surface area contributed by atoms with Crippen LogP contribution in [0.4, 0.5) is 10.5 Å². The van der Waals surface area contributed by atoms with Gasteiger partial charge in [0.15, 0.2) is 0 Å². The number of anilines is 1. The van der Waals surface area contributed by atoms with Crippen molar-refractivity contribution in [3.8, 4) is 0 Å². The first-order chi connectivity index (χ1) is 12.2. The predicted molar refractivity (Wildman–Crippen MR) is 100 cm³/mol. The van der Waals surface area contributed by atoms with E-state index in [4.69, 9.17) is 14.2 Å². The zero-order valence-corrected chi connectivity index (χ0v) is 15.8. The summed E-state index contributed by atoms with van der Waals surface area (Å²) in [6.45, 7) is 0.978. The number of carbonyl (C=O) groups is 1. The Bertz CT molecular complexity index is 557. The normalized spacial score (nSPS) is 26.7. The molecule has 3 rings (SSSR count). The number of benzene rings is 1. The number of thioether (sulfide) groups is 1. The second-order valence-electron chi connectivity index (χ2n) is 6.71. The van der Waals surface area contributed by atoms with Gasteiger partial charge in [0, 0.05) is 12.8 Å². The van der Waals surface area contributed by atoms with E-state index >= 15 is 0 Å². The molecular weight excluding hydrogens is 338 g/mol. The second kappa shape index (κ2) is 8.92. The van der Waals surface area contributed by atoms with E-state index in [2.05, 4.69) is 18.4 Å². The van der Waals surface area contributed by atoms with E-state index in [9.17, 15) is 4.79 Å². The molecule has 2 fully saturated rings. The number of carbonyl (C=O) groups excluding carboxylic acids is 1. The molecule has 1 saturated carbocycles. The smallest absolute Gasteiger partial charge is 0.414 e. The number of ether oxygens (including phenoxy) is 3. The van der Waals surface area contributed by atoms with Crippen LogP contribution >= 0.6 is 11.8 Å². The molecule has 2 aliphatic rings. The van der Waals surface area contributed by atoms with Crippen LogP contribution in [-0.4, -0.2) is 50.8 Å². The summed E-state index contributed by atoms with van der Waals surface area (Å²) in [7, 11) is 1.62. The fourth-order valence-corrected chi connectivity index (χ4v) is 3.99. The lowest BCUT2D eigenvalue weighted by Gasteiger charge is -2.29. The van der Waals surface area contributed by atoms with Gasteiger partial charge in [-0.1, -0.05) is 12.1 Å². The summed E-state index contributed by atoms with van der Waals surface area (Å²) >= 11 is 1.74. The molecule has 1 heterocycles. The first-order valence-electron chi connectivity index (χ1n) is 8.89. The second-order valence-corrected chi connectivity index (χ2v) is 7.52. The van der Waals surface area contributed by atoms with E-state index < -0.39 is 0 Å². The maximum atomic E-state index is 12.0. The molecule has 1 aliphatic heterocycles. The zero-order valence-electron chi connectivity index (χ0n) is 15.0. The van der Waals surface area contributed by atoms with Crippen molar-refractivity contribution in [2.24, 2.45) is 0 Å². The molecule has 1 saturated heterocycles. The Labute approximate surface area is 154 Å². The molecular formula is C19H27NO4S. The minimum absolute atomic E-state index is 0.186. The molecule has 1 aliphatic carbocycles. The molecule has 0 aromatic heterocycles. The molecule has 1 aromatic carbocycles. The Morgan fingerprint density at radius 2 is 1.92 bits per heavy atom. The van der Waals surface area contributed by atoms with E-state index in [1.165, 1.54) is 18.4 Å². The van der Waals surface area contributed by atoms with Crippen molar-refractivity contribution < 1.29 is 19.0 Å². The number of rotatable bonds is 7. The molecule has 1 atom stereocenters. The molecule has 0 N–H and O–H groups in total. The number of nitrogens with zero attached hydrogens (tertiary/aromatic N) is 1. The lowest BCUT2D eigenvalue weighted by Crippen LogP contribution is -2.25. The first kappa shape index (κ1) is 18.5. The topological polar surface area (TPSA) is 48.0 Å². The van der Waals surface area contributed by atoms with Gasteiger partial charge in [-0.15, -0.1) is 11.8 Å². The van der Waals surface area contributed by atoms with Gasteiger partial charge in [0.2, 0.25) is 0 Å². The Hall–Kier alpha value is -1.24. The van der Waals surface area contributed by atoms with Crippen molar-refractivity contribution in [1.82, 2.24) is 0 Å². The Kier molecular flexibility index (Phi) is 6.62. The van der Waals surface area contributed by atoms with Crippen LogP contribution in [0.2, 0.25) is 0 Å². The van der Waals surface area contributed by atoms with Gasteiger partial charge in [-0.2, -0.15) is 0 Å². The van der Waals surface area contributed by atoms with E-state index in [0.717, 1.165) is 24.5 Å². The number of hydrogen-bond acceptors (Lipinski definition) is 5. The summed E-state index contributed by atoms with van der Waals surface area (Å²) in [5.74, 6) is 1.38. The Balaban J connectivity index is 1.55. The lowest BCUT2D eigenvalue weighted by atomic mass is 9.82. The van der Waals surface area contributed by atoms with Crippen LogP contribution in [0.25, 0.3) is 0 Å². The van der Waals surface area contributed by atoms with E-state index in [1.807, 2.05) is 12.1 Å². The van der Waals surface area contributed by atoms with Gasteiger partial charge < -0.3 is 14.2 Å². The molecule has 0 spiro atoms.